The Morgan fingerprint density at radius 3 is 2.87 bits per heavy atom. The quantitative estimate of drug-likeness (QED) is 0.776. The highest BCUT2D eigenvalue weighted by molar-refractivity contribution is 5.67. The highest BCUT2D eigenvalue weighted by Gasteiger charge is 2.32. The Kier molecular flexibility index (Phi) is 2.57. The third-order valence-electron chi connectivity index (χ3n) is 2.32. The van der Waals surface area contributed by atoms with E-state index in [9.17, 15) is 4.79 Å². The molecule has 6 heteroatoms. The normalized spacial score (nSPS) is 15.3. The van der Waals surface area contributed by atoms with Crippen LogP contribution in [0.2, 0.25) is 0 Å². The molecule has 0 saturated heterocycles. The molecule has 1 aliphatic carbocycles. The summed E-state index contributed by atoms with van der Waals surface area (Å²) in [6.07, 6.45) is 2.24. The van der Waals surface area contributed by atoms with Crippen LogP contribution in [0.25, 0.3) is 0 Å². The van der Waals surface area contributed by atoms with E-state index in [1.54, 1.807) is 6.92 Å². The predicted molar refractivity (Wildman–Crippen MR) is 51.7 cm³/mol. The minimum Gasteiger partial charge on any atom is -0.481 e. The Morgan fingerprint density at radius 2 is 2.40 bits per heavy atom. The van der Waals surface area contributed by atoms with Crippen LogP contribution in [-0.4, -0.2) is 33.8 Å². The van der Waals surface area contributed by atoms with Crippen LogP contribution in [0.4, 0.5) is 6.01 Å². The predicted octanol–water partition coefficient (Wildman–Crippen LogP) is 0.822. The second-order valence-corrected chi connectivity index (χ2v) is 3.69. The van der Waals surface area contributed by atoms with E-state index >= 15 is 0 Å². The third-order valence-corrected chi connectivity index (χ3v) is 2.32. The molecular weight excluding hydrogens is 198 g/mol. The Morgan fingerprint density at radius 1 is 1.67 bits per heavy atom. The summed E-state index contributed by atoms with van der Waals surface area (Å²) < 4.78 is 5.03. The standard InChI is InChI=1S/C9H13N3O3/c1-6-10-9(15-11-6)12(7-2-3-7)5-4-8(13)14/h7H,2-5H2,1H3,(H,13,14). The van der Waals surface area contributed by atoms with Crippen LogP contribution < -0.4 is 4.90 Å². The number of rotatable bonds is 5. The van der Waals surface area contributed by atoms with Crippen molar-refractivity contribution in [3.63, 3.8) is 0 Å². The first-order chi connectivity index (χ1) is 7.16. The van der Waals surface area contributed by atoms with Gasteiger partial charge in [-0.05, 0) is 19.8 Å². The number of carboxylic acids is 1. The molecule has 0 amide bonds. The van der Waals surface area contributed by atoms with Gasteiger partial charge in [-0.3, -0.25) is 4.79 Å². The first kappa shape index (κ1) is 9.95. The second kappa shape index (κ2) is 3.88. The van der Waals surface area contributed by atoms with Crippen molar-refractivity contribution in [2.75, 3.05) is 11.4 Å². The van der Waals surface area contributed by atoms with Crippen molar-refractivity contribution in [1.82, 2.24) is 10.1 Å². The molecule has 1 aliphatic rings. The lowest BCUT2D eigenvalue weighted by Crippen LogP contribution is -2.28. The van der Waals surface area contributed by atoms with Crippen LogP contribution in [0.1, 0.15) is 25.1 Å². The van der Waals surface area contributed by atoms with E-state index < -0.39 is 5.97 Å². The molecule has 2 rings (SSSR count). The van der Waals surface area contributed by atoms with Gasteiger partial charge in [0.25, 0.3) is 0 Å². The fourth-order valence-electron chi connectivity index (χ4n) is 1.44. The summed E-state index contributed by atoms with van der Waals surface area (Å²) in [6, 6.07) is 0.820. The van der Waals surface area contributed by atoms with Crippen molar-refractivity contribution in [3.05, 3.63) is 5.82 Å². The molecule has 1 saturated carbocycles. The number of aromatic nitrogens is 2. The summed E-state index contributed by atoms with van der Waals surface area (Å²) in [5.74, 6) is -0.233. The fourth-order valence-corrected chi connectivity index (χ4v) is 1.44. The van der Waals surface area contributed by atoms with Gasteiger partial charge in [-0.15, -0.1) is 0 Å². The van der Waals surface area contributed by atoms with Gasteiger partial charge in [0, 0.05) is 12.6 Å². The summed E-state index contributed by atoms with van der Waals surface area (Å²) in [5, 5.41) is 12.3. The van der Waals surface area contributed by atoms with Crippen molar-refractivity contribution >= 4 is 12.0 Å². The average molecular weight is 211 g/mol. The van der Waals surface area contributed by atoms with Crippen molar-refractivity contribution in [2.45, 2.75) is 32.2 Å². The van der Waals surface area contributed by atoms with E-state index in [0.29, 0.717) is 24.4 Å². The fraction of sp³-hybridized carbons (Fsp3) is 0.667. The summed E-state index contributed by atoms with van der Waals surface area (Å²) >= 11 is 0. The zero-order valence-corrected chi connectivity index (χ0v) is 8.51. The Hall–Kier alpha value is -1.59. The Balaban J connectivity index is 2.02. The molecule has 0 unspecified atom stereocenters. The highest BCUT2D eigenvalue weighted by Crippen LogP contribution is 2.30. The summed E-state index contributed by atoms with van der Waals surface area (Å²) in [5.41, 5.74) is 0. The van der Waals surface area contributed by atoms with E-state index in [1.807, 2.05) is 4.90 Å². The number of anilines is 1. The maximum atomic E-state index is 10.5. The van der Waals surface area contributed by atoms with Crippen LogP contribution in [0, 0.1) is 6.92 Å². The molecule has 0 aromatic carbocycles. The average Bonchev–Trinajstić information content (AvgIpc) is 2.90. The summed E-state index contributed by atoms with van der Waals surface area (Å²) in [7, 11) is 0. The van der Waals surface area contributed by atoms with Gasteiger partial charge >= 0.3 is 12.0 Å². The van der Waals surface area contributed by atoms with Gasteiger partial charge in [0.15, 0.2) is 5.82 Å². The van der Waals surface area contributed by atoms with Crippen LogP contribution >= 0.6 is 0 Å². The van der Waals surface area contributed by atoms with Gasteiger partial charge in [0.1, 0.15) is 0 Å². The molecule has 1 fully saturated rings. The number of aliphatic carboxylic acids is 1. The number of carbonyl (C=O) groups is 1. The van der Waals surface area contributed by atoms with E-state index in [4.69, 9.17) is 9.63 Å². The highest BCUT2D eigenvalue weighted by atomic mass is 16.5. The monoisotopic (exact) mass is 211 g/mol. The smallest absolute Gasteiger partial charge is 0.324 e. The molecule has 1 aromatic heterocycles. The van der Waals surface area contributed by atoms with Gasteiger partial charge < -0.3 is 14.5 Å². The second-order valence-electron chi connectivity index (χ2n) is 3.69. The summed E-state index contributed by atoms with van der Waals surface area (Å²) in [6.45, 7) is 2.18. The van der Waals surface area contributed by atoms with Gasteiger partial charge in [-0.2, -0.15) is 4.98 Å². The van der Waals surface area contributed by atoms with E-state index in [-0.39, 0.29) is 6.42 Å². The number of hydrogen-bond acceptors (Lipinski definition) is 5. The van der Waals surface area contributed by atoms with Crippen molar-refractivity contribution in [1.29, 1.82) is 0 Å². The van der Waals surface area contributed by atoms with E-state index in [2.05, 4.69) is 10.1 Å². The lowest BCUT2D eigenvalue weighted by Gasteiger charge is -2.17. The third kappa shape index (κ3) is 2.45. The van der Waals surface area contributed by atoms with Gasteiger partial charge in [-0.25, -0.2) is 0 Å². The van der Waals surface area contributed by atoms with Crippen LogP contribution in [-0.2, 0) is 4.79 Å². The molecule has 0 atom stereocenters. The van der Waals surface area contributed by atoms with Gasteiger partial charge in [0.2, 0.25) is 0 Å². The number of hydrogen-bond donors (Lipinski definition) is 1. The summed E-state index contributed by atoms with van der Waals surface area (Å²) in [4.78, 5) is 16.5. The van der Waals surface area contributed by atoms with Crippen molar-refractivity contribution in [3.8, 4) is 0 Å². The van der Waals surface area contributed by atoms with Gasteiger partial charge in [-0.1, -0.05) is 5.16 Å². The van der Waals surface area contributed by atoms with Crippen molar-refractivity contribution in [2.24, 2.45) is 0 Å². The number of carboxylic acid groups (broad SMARTS) is 1. The zero-order valence-electron chi connectivity index (χ0n) is 8.51. The van der Waals surface area contributed by atoms with Crippen LogP contribution in [0.15, 0.2) is 4.52 Å². The molecule has 1 aromatic rings. The minimum absolute atomic E-state index is 0.0952. The lowest BCUT2D eigenvalue weighted by atomic mass is 10.4. The van der Waals surface area contributed by atoms with Crippen molar-refractivity contribution < 1.29 is 14.4 Å². The molecule has 6 nitrogen and oxygen atoms in total. The molecule has 0 spiro atoms. The first-order valence-corrected chi connectivity index (χ1v) is 4.95. The maximum absolute atomic E-state index is 10.5. The Bertz CT molecular complexity index is 359. The maximum Gasteiger partial charge on any atom is 0.324 e. The molecule has 0 bridgehead atoms. The molecule has 15 heavy (non-hydrogen) atoms. The minimum atomic E-state index is -0.808. The number of nitrogens with zero attached hydrogens (tertiary/aromatic N) is 3. The molecule has 1 heterocycles. The number of aryl methyl sites for hydroxylation is 1. The lowest BCUT2D eigenvalue weighted by molar-refractivity contribution is -0.136. The Labute approximate surface area is 86.9 Å². The van der Waals surface area contributed by atoms with Crippen LogP contribution in [0.5, 0.6) is 0 Å². The SMILES string of the molecule is Cc1noc(N(CCC(=O)O)C2CC2)n1. The molecule has 0 radical (unpaired) electrons. The van der Waals surface area contributed by atoms with Crippen LogP contribution in [0.3, 0.4) is 0 Å². The largest absolute Gasteiger partial charge is 0.481 e. The molecule has 0 aliphatic heterocycles. The van der Waals surface area contributed by atoms with E-state index in [1.165, 1.54) is 0 Å². The van der Waals surface area contributed by atoms with E-state index in [0.717, 1.165) is 12.8 Å². The zero-order chi connectivity index (χ0) is 10.8. The molecular formula is C9H13N3O3. The topological polar surface area (TPSA) is 79.5 Å². The molecule has 1 N–H and O–H groups in total. The first-order valence-electron chi connectivity index (χ1n) is 4.95. The van der Waals surface area contributed by atoms with Gasteiger partial charge in [0.05, 0.1) is 6.42 Å². The molecule has 82 valence electrons.